The Morgan fingerprint density at radius 1 is 1.28 bits per heavy atom. The van der Waals surface area contributed by atoms with Crippen LogP contribution < -0.4 is 15.4 Å². The number of amides is 2. The molecule has 1 atom stereocenters. The molecule has 2 heterocycles. The highest BCUT2D eigenvalue weighted by atomic mass is 32.1. The molecule has 174 valence electrons. The van der Waals surface area contributed by atoms with Gasteiger partial charge in [-0.25, -0.2) is 9.78 Å². The van der Waals surface area contributed by atoms with Crippen molar-refractivity contribution < 1.29 is 32.2 Å². The van der Waals surface area contributed by atoms with Crippen molar-refractivity contribution in [2.45, 2.75) is 64.0 Å². The van der Waals surface area contributed by atoms with E-state index in [4.69, 9.17) is 9.47 Å². The number of thiophene rings is 1. The van der Waals surface area contributed by atoms with Gasteiger partial charge >= 0.3 is 12.3 Å². The smallest absolute Gasteiger partial charge is 0.418 e. The maximum absolute atomic E-state index is 13.8. The van der Waals surface area contributed by atoms with Gasteiger partial charge in [0, 0.05) is 36.9 Å². The third-order valence-electron chi connectivity index (χ3n) is 5.93. The van der Waals surface area contributed by atoms with Crippen LogP contribution in [0.15, 0.2) is 5.38 Å². The van der Waals surface area contributed by atoms with E-state index in [-0.39, 0.29) is 39.4 Å². The van der Waals surface area contributed by atoms with Gasteiger partial charge in [-0.1, -0.05) is 0 Å². The average Bonchev–Trinajstić information content (AvgIpc) is 3.46. The van der Waals surface area contributed by atoms with Crippen LogP contribution in [0.5, 0.6) is 5.88 Å². The topological polar surface area (TPSA) is 89.6 Å². The Bertz CT molecular complexity index is 1050. The molecule has 2 fully saturated rings. The van der Waals surface area contributed by atoms with Crippen LogP contribution in [0, 0.1) is 12.8 Å². The predicted octanol–water partition coefficient (Wildman–Crippen LogP) is 4.42. The monoisotopic (exact) mass is 471 g/mol. The van der Waals surface area contributed by atoms with E-state index in [1.807, 2.05) is 6.92 Å². The molecule has 0 bridgehead atoms. The van der Waals surface area contributed by atoms with Crippen molar-refractivity contribution in [1.82, 2.24) is 15.6 Å². The fourth-order valence-corrected chi connectivity index (χ4v) is 4.93. The maximum atomic E-state index is 13.8. The summed E-state index contributed by atoms with van der Waals surface area (Å²) in [5.74, 6) is -0.234. The molecule has 11 heteroatoms. The fraction of sp³-hybridized carbons (Fsp3) is 0.571. The zero-order valence-corrected chi connectivity index (χ0v) is 18.7. The van der Waals surface area contributed by atoms with Gasteiger partial charge in [-0.05, 0) is 32.6 Å². The fourth-order valence-electron chi connectivity index (χ4n) is 3.82. The number of nitrogens with one attached hydrogen (secondary N) is 2. The van der Waals surface area contributed by atoms with Crippen LogP contribution in [-0.4, -0.2) is 42.3 Å². The first kappa shape index (κ1) is 22.6. The number of carbonyl (C=O) groups is 2. The van der Waals surface area contributed by atoms with Crippen LogP contribution in [0.1, 0.15) is 54.1 Å². The molecule has 2 aromatic rings. The van der Waals surface area contributed by atoms with Crippen molar-refractivity contribution in [3.8, 4) is 5.88 Å². The average molecular weight is 472 g/mol. The lowest BCUT2D eigenvalue weighted by Gasteiger charge is -2.35. The zero-order chi connectivity index (χ0) is 23.2. The molecule has 2 N–H and O–H groups in total. The van der Waals surface area contributed by atoms with Crippen LogP contribution in [0.3, 0.4) is 0 Å². The Labute approximate surface area is 186 Å². The summed E-state index contributed by atoms with van der Waals surface area (Å²) >= 11 is 0.831. The van der Waals surface area contributed by atoms with E-state index < -0.39 is 29.8 Å². The molecule has 0 spiro atoms. The highest BCUT2D eigenvalue weighted by molar-refractivity contribution is 7.17. The maximum Gasteiger partial charge on any atom is 0.418 e. The van der Waals surface area contributed by atoms with Crippen molar-refractivity contribution in [2.24, 2.45) is 5.92 Å². The summed E-state index contributed by atoms with van der Waals surface area (Å²) in [5.41, 5.74) is -0.925. The standard InChI is InChI=1S/C21H24F3N3O4S/c1-9-15(21(22,23)24)17-16(14(8-32-17)18(28)25-3)27-19(9)31-13-6-12(7-13)26-20(29)30-10(2)11-4-5-11/h8,10-13H,4-7H2,1-3H3,(H,25,28)(H,26,29)/t10-,12?,13?/m1/s1. The van der Waals surface area contributed by atoms with Crippen LogP contribution in [-0.2, 0) is 10.9 Å². The predicted molar refractivity (Wildman–Crippen MR) is 112 cm³/mol. The second kappa shape index (κ2) is 8.42. The van der Waals surface area contributed by atoms with Gasteiger partial charge in [0.15, 0.2) is 0 Å². The number of halogens is 3. The van der Waals surface area contributed by atoms with E-state index in [9.17, 15) is 22.8 Å². The van der Waals surface area contributed by atoms with Gasteiger partial charge in [-0.2, -0.15) is 13.2 Å². The van der Waals surface area contributed by atoms with Crippen LogP contribution in [0.25, 0.3) is 10.2 Å². The number of hydrogen-bond donors (Lipinski definition) is 2. The second-order valence-electron chi connectivity index (χ2n) is 8.32. The van der Waals surface area contributed by atoms with E-state index in [1.54, 1.807) is 0 Å². The molecule has 0 unspecified atom stereocenters. The highest BCUT2D eigenvalue weighted by Crippen LogP contribution is 2.43. The molecule has 7 nitrogen and oxygen atoms in total. The first-order valence-corrected chi connectivity index (χ1v) is 11.3. The van der Waals surface area contributed by atoms with E-state index in [2.05, 4.69) is 15.6 Å². The van der Waals surface area contributed by atoms with Gasteiger partial charge in [0.25, 0.3) is 5.91 Å². The summed E-state index contributed by atoms with van der Waals surface area (Å²) in [4.78, 5) is 28.3. The number of aromatic nitrogens is 1. The molecule has 0 aromatic carbocycles. The molecule has 0 aliphatic heterocycles. The first-order valence-electron chi connectivity index (χ1n) is 10.4. The summed E-state index contributed by atoms with van der Waals surface area (Å²) in [6, 6.07) is -0.174. The summed E-state index contributed by atoms with van der Waals surface area (Å²) in [5, 5.41) is 6.54. The third kappa shape index (κ3) is 4.48. The number of fused-ring (bicyclic) bond motifs is 1. The number of rotatable bonds is 6. The number of alkyl halides is 3. The Morgan fingerprint density at radius 2 is 1.97 bits per heavy atom. The van der Waals surface area contributed by atoms with Crippen LogP contribution >= 0.6 is 11.3 Å². The van der Waals surface area contributed by atoms with E-state index in [0.29, 0.717) is 18.8 Å². The van der Waals surface area contributed by atoms with Gasteiger partial charge in [0.05, 0.1) is 21.3 Å². The minimum atomic E-state index is -4.63. The summed E-state index contributed by atoms with van der Waals surface area (Å²) in [6.07, 6.45) is -2.64. The zero-order valence-electron chi connectivity index (χ0n) is 17.8. The van der Waals surface area contributed by atoms with Crippen molar-refractivity contribution in [3.63, 3.8) is 0 Å². The Hall–Kier alpha value is -2.56. The van der Waals surface area contributed by atoms with Crippen molar-refractivity contribution in [1.29, 1.82) is 0 Å². The lowest BCUT2D eigenvalue weighted by Crippen LogP contribution is -2.49. The number of ether oxygens (including phenoxy) is 2. The first-order chi connectivity index (χ1) is 15.1. The lowest BCUT2D eigenvalue weighted by molar-refractivity contribution is -0.136. The molecule has 4 rings (SSSR count). The summed E-state index contributed by atoms with van der Waals surface area (Å²) in [7, 11) is 1.40. The molecule has 0 radical (unpaired) electrons. The van der Waals surface area contributed by atoms with Gasteiger partial charge in [0.1, 0.15) is 12.2 Å². The minimum Gasteiger partial charge on any atom is -0.474 e. The molecule has 2 saturated carbocycles. The quantitative estimate of drug-likeness (QED) is 0.651. The second-order valence-corrected chi connectivity index (χ2v) is 9.20. The molecular weight excluding hydrogens is 447 g/mol. The summed E-state index contributed by atoms with van der Waals surface area (Å²) in [6.45, 7) is 3.18. The molecule has 32 heavy (non-hydrogen) atoms. The van der Waals surface area contributed by atoms with E-state index in [0.717, 1.165) is 24.2 Å². The minimum absolute atomic E-state index is 0.0334. The van der Waals surface area contributed by atoms with Gasteiger partial charge in [0.2, 0.25) is 5.88 Å². The van der Waals surface area contributed by atoms with Gasteiger partial charge in [-0.15, -0.1) is 11.3 Å². The summed E-state index contributed by atoms with van der Waals surface area (Å²) < 4.78 is 52.5. The van der Waals surface area contributed by atoms with Crippen molar-refractivity contribution >= 4 is 33.6 Å². The van der Waals surface area contributed by atoms with E-state index in [1.165, 1.54) is 19.4 Å². The molecule has 2 aliphatic rings. The normalized spacial score (nSPS) is 21.6. The van der Waals surface area contributed by atoms with Crippen molar-refractivity contribution in [2.75, 3.05) is 7.05 Å². The highest BCUT2D eigenvalue weighted by Gasteiger charge is 2.40. The Kier molecular flexibility index (Phi) is 5.95. The lowest BCUT2D eigenvalue weighted by atomic mass is 9.89. The van der Waals surface area contributed by atoms with E-state index >= 15 is 0 Å². The molecule has 2 aromatic heterocycles. The Balaban J connectivity index is 1.48. The largest absolute Gasteiger partial charge is 0.474 e. The molecule has 0 saturated heterocycles. The molecule has 2 aliphatic carbocycles. The Morgan fingerprint density at radius 3 is 2.56 bits per heavy atom. The third-order valence-corrected chi connectivity index (χ3v) is 6.92. The number of hydrogen-bond acceptors (Lipinski definition) is 6. The number of pyridine rings is 1. The van der Waals surface area contributed by atoms with Gasteiger partial charge in [-0.3, -0.25) is 4.79 Å². The van der Waals surface area contributed by atoms with Crippen molar-refractivity contribution in [3.05, 3.63) is 22.1 Å². The number of carbonyl (C=O) groups excluding carboxylic acids is 2. The molecular formula is C21H24F3N3O4S. The van der Waals surface area contributed by atoms with Gasteiger partial charge < -0.3 is 20.1 Å². The number of alkyl carbamates (subject to hydrolysis) is 1. The SMILES string of the molecule is CNC(=O)c1csc2c(C(F)(F)F)c(C)c(OC3CC(NC(=O)O[C@H](C)C4CC4)C3)nc12. The number of nitrogens with zero attached hydrogens (tertiary/aromatic N) is 1. The van der Waals surface area contributed by atoms with Crippen LogP contribution in [0.4, 0.5) is 18.0 Å². The molecule has 2 amide bonds. The van der Waals surface area contributed by atoms with Crippen LogP contribution in [0.2, 0.25) is 0 Å².